The molecule has 3 N–H and O–H groups in total. The van der Waals surface area contributed by atoms with Gasteiger partial charge in [0.1, 0.15) is 11.3 Å². The molecule has 0 radical (unpaired) electrons. The topological polar surface area (TPSA) is 149 Å². The Morgan fingerprint density at radius 3 is 2.39 bits per heavy atom. The van der Waals surface area contributed by atoms with Crippen molar-refractivity contribution in [2.45, 2.75) is 6.92 Å². The molecule has 44 heavy (non-hydrogen) atoms. The number of benzene rings is 3. The molecule has 0 fully saturated rings. The fourth-order valence-corrected chi connectivity index (χ4v) is 5.66. The molecule has 11 nitrogen and oxygen atoms in total. The van der Waals surface area contributed by atoms with Gasteiger partial charge in [-0.25, -0.2) is 18.6 Å². The summed E-state index contributed by atoms with van der Waals surface area (Å²) in [4.78, 5) is 33.2. The number of hydrogen-bond acceptors (Lipinski definition) is 6. The number of para-hydroxylation sites is 1. The molecule has 0 saturated carbocycles. The third-order valence-corrected chi connectivity index (χ3v) is 8.72. The second-order valence-electron chi connectivity index (χ2n) is 10.5. The fraction of sp³-hybridized carbons (Fsp3) is 0.125. The number of pyridine rings is 1. The number of rotatable bonds is 7. The number of carbonyl (C=O) groups excluding carboxylic acids is 1. The lowest BCUT2D eigenvalue weighted by molar-refractivity contribution is -0.729. The Morgan fingerprint density at radius 1 is 1.02 bits per heavy atom. The van der Waals surface area contributed by atoms with Gasteiger partial charge in [-0.15, -0.1) is 0 Å². The SMILES string of the molecule is CNC(=O)c1c(-c2ccc(C)cc2)oc2cc(N(C)S(C)(=O)=O)c(-c3cc([N+](=O)O)cc(-c4cc5ccccc5[nH]4)n3)cc12. The van der Waals surface area contributed by atoms with Crippen molar-refractivity contribution in [1.82, 2.24) is 15.3 Å². The van der Waals surface area contributed by atoms with Crippen LogP contribution in [-0.2, 0) is 10.0 Å². The van der Waals surface area contributed by atoms with E-state index in [2.05, 4.69) is 10.3 Å². The van der Waals surface area contributed by atoms with Crippen molar-refractivity contribution in [3.8, 4) is 34.0 Å². The normalized spacial score (nSPS) is 11.6. The number of nitrogens with one attached hydrogen (secondary N) is 2. The summed E-state index contributed by atoms with van der Waals surface area (Å²) in [6.07, 6.45) is 1.06. The zero-order valence-corrected chi connectivity index (χ0v) is 25.1. The Balaban J connectivity index is 1.67. The quantitative estimate of drug-likeness (QED) is 0.183. The highest BCUT2D eigenvalue weighted by molar-refractivity contribution is 7.92. The second-order valence-corrected chi connectivity index (χ2v) is 12.5. The third kappa shape index (κ3) is 5.05. The van der Waals surface area contributed by atoms with Gasteiger partial charge in [0.15, 0.2) is 0 Å². The van der Waals surface area contributed by atoms with Gasteiger partial charge < -0.3 is 14.7 Å². The highest BCUT2D eigenvalue weighted by atomic mass is 32.2. The van der Waals surface area contributed by atoms with E-state index in [4.69, 9.17) is 9.40 Å². The molecule has 0 saturated heterocycles. The molecule has 0 aliphatic rings. The first-order valence-corrected chi connectivity index (χ1v) is 15.4. The number of anilines is 1. The van der Waals surface area contributed by atoms with Crippen LogP contribution in [0.4, 0.5) is 11.4 Å². The number of carbonyl (C=O) groups is 1. The second kappa shape index (κ2) is 10.7. The van der Waals surface area contributed by atoms with Crippen LogP contribution >= 0.6 is 0 Å². The Kier molecular flexibility index (Phi) is 6.93. The molecule has 6 rings (SSSR count). The van der Waals surface area contributed by atoms with Gasteiger partial charge in [0, 0.05) is 59.7 Å². The zero-order chi connectivity index (χ0) is 31.3. The number of hydrogen-bond donors (Lipinski definition) is 3. The van der Waals surface area contributed by atoms with E-state index in [-0.39, 0.29) is 38.7 Å². The number of amides is 1. The van der Waals surface area contributed by atoms with E-state index in [9.17, 15) is 23.3 Å². The molecular formula is C32H28N5O6S+. The zero-order valence-electron chi connectivity index (χ0n) is 24.2. The van der Waals surface area contributed by atoms with Gasteiger partial charge in [-0.05, 0) is 25.1 Å². The van der Waals surface area contributed by atoms with Crippen molar-refractivity contribution in [1.29, 1.82) is 0 Å². The average molecular weight is 611 g/mol. The van der Waals surface area contributed by atoms with Gasteiger partial charge in [0.2, 0.25) is 10.0 Å². The molecule has 6 aromatic rings. The highest BCUT2D eigenvalue weighted by Gasteiger charge is 2.28. The highest BCUT2D eigenvalue weighted by Crippen LogP contribution is 2.42. The summed E-state index contributed by atoms with van der Waals surface area (Å²) in [7, 11) is -0.890. The number of nitrogens with zero attached hydrogens (tertiary/aromatic N) is 3. The van der Waals surface area contributed by atoms with Crippen molar-refractivity contribution in [2.24, 2.45) is 0 Å². The molecule has 0 bridgehead atoms. The van der Waals surface area contributed by atoms with Crippen LogP contribution in [0, 0.1) is 11.8 Å². The molecular weight excluding hydrogens is 582 g/mol. The molecule has 3 heterocycles. The van der Waals surface area contributed by atoms with Gasteiger partial charge in [0.05, 0.1) is 39.5 Å². The molecule has 0 unspecified atom stereocenters. The number of fused-ring (bicyclic) bond motifs is 2. The van der Waals surface area contributed by atoms with Crippen LogP contribution in [0.1, 0.15) is 15.9 Å². The summed E-state index contributed by atoms with van der Waals surface area (Å²) in [5, 5.41) is 13.9. The summed E-state index contributed by atoms with van der Waals surface area (Å²) in [6.45, 7) is 1.95. The average Bonchev–Trinajstić information content (AvgIpc) is 3.61. The minimum Gasteiger partial charge on any atom is -0.455 e. The lowest BCUT2D eigenvalue weighted by Crippen LogP contribution is -2.25. The van der Waals surface area contributed by atoms with E-state index in [1.165, 1.54) is 32.3 Å². The molecule has 12 heteroatoms. The van der Waals surface area contributed by atoms with Crippen LogP contribution in [0.5, 0.6) is 0 Å². The lowest BCUT2D eigenvalue weighted by Gasteiger charge is -2.20. The third-order valence-electron chi connectivity index (χ3n) is 7.52. The summed E-state index contributed by atoms with van der Waals surface area (Å²) >= 11 is 0. The van der Waals surface area contributed by atoms with Crippen LogP contribution in [0.2, 0.25) is 0 Å². The van der Waals surface area contributed by atoms with Crippen LogP contribution in [0.3, 0.4) is 0 Å². The fourth-order valence-electron chi connectivity index (χ4n) is 5.15. The van der Waals surface area contributed by atoms with Crippen LogP contribution in [0.15, 0.2) is 83.3 Å². The van der Waals surface area contributed by atoms with Crippen LogP contribution < -0.4 is 9.62 Å². The summed E-state index contributed by atoms with van der Waals surface area (Å²) in [6, 6.07) is 22.8. The molecule has 0 aliphatic carbocycles. The lowest BCUT2D eigenvalue weighted by atomic mass is 10.00. The Labute approximate surface area is 252 Å². The smallest absolute Gasteiger partial charge is 0.320 e. The Bertz CT molecular complexity index is 2180. The van der Waals surface area contributed by atoms with E-state index < -0.39 is 15.9 Å². The minimum atomic E-state index is -3.79. The molecule has 3 aromatic carbocycles. The molecule has 0 atom stereocenters. The van der Waals surface area contributed by atoms with Gasteiger partial charge in [-0.1, -0.05) is 48.0 Å². The molecule has 1 amide bonds. The van der Waals surface area contributed by atoms with Gasteiger partial charge in [0.25, 0.3) is 10.8 Å². The van der Waals surface area contributed by atoms with E-state index in [1.807, 2.05) is 61.5 Å². The van der Waals surface area contributed by atoms with Gasteiger partial charge >= 0.3 is 5.69 Å². The maximum Gasteiger partial charge on any atom is 0.320 e. The van der Waals surface area contributed by atoms with Crippen LogP contribution in [0.25, 0.3) is 55.8 Å². The number of furan rings is 1. The van der Waals surface area contributed by atoms with Crippen molar-refractivity contribution >= 4 is 49.2 Å². The standard InChI is InChI=1S/C32H27N5O6S/c1-18-9-11-19(12-10-18)31-30(32(38)33-2)23-16-22(28(17-29(23)43-31)36(3)44(4,41)42)25-14-21(37(39)40)15-27(35-25)26-13-20-7-5-6-8-24(20)34-26/h5-17H,1-4H3,(H2-,33,34,35,38,39,40)/p+1. The minimum absolute atomic E-state index is 0.129. The first-order valence-electron chi connectivity index (χ1n) is 13.5. The van der Waals surface area contributed by atoms with E-state index >= 15 is 0 Å². The van der Waals surface area contributed by atoms with Crippen molar-refractivity contribution in [3.05, 3.63) is 94.9 Å². The molecule has 0 spiro atoms. The summed E-state index contributed by atoms with van der Waals surface area (Å²) in [5.41, 5.74) is 4.48. The first-order chi connectivity index (χ1) is 20.9. The van der Waals surface area contributed by atoms with E-state index in [0.717, 1.165) is 27.0 Å². The van der Waals surface area contributed by atoms with E-state index in [1.54, 1.807) is 6.07 Å². The first kappa shape index (κ1) is 28.6. The molecule has 3 aromatic heterocycles. The van der Waals surface area contributed by atoms with Gasteiger partial charge in [-0.3, -0.25) is 9.10 Å². The van der Waals surface area contributed by atoms with Crippen molar-refractivity contribution in [2.75, 3.05) is 24.7 Å². The molecule has 222 valence electrons. The number of H-pyrrole nitrogens is 1. The Hall–Kier alpha value is -5.49. The number of aromatic amines is 1. The number of sulfonamides is 1. The summed E-state index contributed by atoms with van der Waals surface area (Å²) < 4.78 is 32.9. The predicted octanol–water partition coefficient (Wildman–Crippen LogP) is 6.17. The maximum atomic E-state index is 13.3. The Morgan fingerprint density at radius 2 is 1.73 bits per heavy atom. The largest absolute Gasteiger partial charge is 0.455 e. The van der Waals surface area contributed by atoms with Crippen molar-refractivity contribution in [3.63, 3.8) is 0 Å². The maximum absolute atomic E-state index is 13.3. The van der Waals surface area contributed by atoms with Crippen LogP contribution in [-0.4, -0.2) is 54.8 Å². The predicted molar refractivity (Wildman–Crippen MR) is 169 cm³/mol. The summed E-state index contributed by atoms with van der Waals surface area (Å²) in [5.74, 6) is -0.0953. The number of aryl methyl sites for hydroxylation is 1. The van der Waals surface area contributed by atoms with Gasteiger partial charge in [-0.2, -0.15) is 0 Å². The van der Waals surface area contributed by atoms with Crippen molar-refractivity contribution < 1.29 is 27.8 Å². The monoisotopic (exact) mass is 610 g/mol. The molecule has 0 aliphatic heterocycles. The van der Waals surface area contributed by atoms with E-state index in [0.29, 0.717) is 28.1 Å². The number of aromatic nitrogens is 2.